The van der Waals surface area contributed by atoms with E-state index in [-0.39, 0.29) is 11.8 Å². The largest absolute Gasteiger partial charge is 0.370 e. The summed E-state index contributed by atoms with van der Waals surface area (Å²) in [4.78, 5) is 17.8. The zero-order valence-electron chi connectivity index (χ0n) is 19.9. The summed E-state index contributed by atoms with van der Waals surface area (Å²) in [5.74, 6) is 0.0116. The van der Waals surface area contributed by atoms with Crippen LogP contribution in [0.4, 0.5) is 5.69 Å². The molecule has 2 saturated heterocycles. The molecule has 0 atom stereocenters. The van der Waals surface area contributed by atoms with E-state index in [0.717, 1.165) is 36.3 Å². The lowest BCUT2D eigenvalue weighted by molar-refractivity contribution is -0.136. The summed E-state index contributed by atoms with van der Waals surface area (Å²) in [5.41, 5.74) is 3.74. The molecule has 180 valence electrons. The number of benzene rings is 2. The van der Waals surface area contributed by atoms with Crippen LogP contribution < -0.4 is 4.90 Å². The van der Waals surface area contributed by atoms with Crippen LogP contribution in [0.2, 0.25) is 0 Å². The molecule has 2 aromatic carbocycles. The van der Waals surface area contributed by atoms with Crippen molar-refractivity contribution in [1.29, 1.82) is 5.26 Å². The summed E-state index contributed by atoms with van der Waals surface area (Å²) in [6.07, 6.45) is 1.99. The van der Waals surface area contributed by atoms with E-state index < -0.39 is 10.0 Å². The number of hydrogen-bond donors (Lipinski definition) is 0. The van der Waals surface area contributed by atoms with Crippen molar-refractivity contribution in [2.45, 2.75) is 38.0 Å². The first kappa shape index (κ1) is 24.2. The van der Waals surface area contributed by atoms with Gasteiger partial charge in [-0.2, -0.15) is 9.57 Å². The highest BCUT2D eigenvalue weighted by atomic mass is 32.2. The van der Waals surface area contributed by atoms with Gasteiger partial charge in [0.2, 0.25) is 15.9 Å². The normalized spacial score (nSPS) is 18.4. The molecule has 0 unspecified atom stereocenters. The molecule has 0 bridgehead atoms. The number of piperidine rings is 1. The molecule has 7 nitrogen and oxygen atoms in total. The van der Waals surface area contributed by atoms with Crippen molar-refractivity contribution < 1.29 is 13.2 Å². The Kier molecular flexibility index (Phi) is 7.24. The van der Waals surface area contributed by atoms with Crippen molar-refractivity contribution >= 4 is 21.6 Å². The second-order valence-corrected chi connectivity index (χ2v) is 11.2. The second kappa shape index (κ2) is 10.2. The van der Waals surface area contributed by atoms with Crippen LogP contribution in [-0.4, -0.2) is 62.8 Å². The molecule has 2 aliphatic heterocycles. The van der Waals surface area contributed by atoms with E-state index in [2.05, 4.69) is 11.0 Å². The number of nitrogens with zero attached hydrogens (tertiary/aromatic N) is 4. The molecule has 2 heterocycles. The molecule has 2 aromatic rings. The smallest absolute Gasteiger partial charge is 0.243 e. The third-order valence-electron chi connectivity index (χ3n) is 7.09. The van der Waals surface area contributed by atoms with Crippen molar-refractivity contribution in [3.8, 4) is 6.07 Å². The number of aryl methyl sites for hydroxylation is 2. The quantitative estimate of drug-likeness (QED) is 0.670. The van der Waals surface area contributed by atoms with E-state index in [4.69, 9.17) is 5.26 Å². The fourth-order valence-corrected chi connectivity index (χ4v) is 6.32. The average molecular weight is 481 g/mol. The Hall–Kier alpha value is -2.89. The predicted molar refractivity (Wildman–Crippen MR) is 132 cm³/mol. The van der Waals surface area contributed by atoms with Crippen molar-refractivity contribution in [1.82, 2.24) is 9.21 Å². The van der Waals surface area contributed by atoms with Gasteiger partial charge >= 0.3 is 0 Å². The first-order valence-electron chi connectivity index (χ1n) is 11.9. The van der Waals surface area contributed by atoms with Crippen molar-refractivity contribution in [3.63, 3.8) is 0 Å². The van der Waals surface area contributed by atoms with E-state index in [1.165, 1.54) is 4.31 Å². The van der Waals surface area contributed by atoms with Gasteiger partial charge in [0, 0.05) is 50.9 Å². The lowest BCUT2D eigenvalue weighted by Crippen LogP contribution is -2.45. The number of amides is 1. The Morgan fingerprint density at radius 1 is 0.912 bits per heavy atom. The van der Waals surface area contributed by atoms with Crippen LogP contribution in [0.5, 0.6) is 0 Å². The summed E-state index contributed by atoms with van der Waals surface area (Å²) >= 11 is 0. The predicted octanol–water partition coefficient (Wildman–Crippen LogP) is 3.31. The van der Waals surface area contributed by atoms with Gasteiger partial charge in [0.1, 0.15) is 0 Å². The fourth-order valence-electron chi connectivity index (χ4n) is 4.77. The number of nitriles is 1. The van der Waals surface area contributed by atoms with Crippen LogP contribution >= 0.6 is 0 Å². The number of rotatable bonds is 4. The third kappa shape index (κ3) is 5.11. The Morgan fingerprint density at radius 3 is 2.26 bits per heavy atom. The molecule has 0 aliphatic carbocycles. The number of hydrogen-bond acceptors (Lipinski definition) is 5. The average Bonchev–Trinajstić information content (AvgIpc) is 3.12. The van der Waals surface area contributed by atoms with Crippen LogP contribution in [0.25, 0.3) is 0 Å². The lowest BCUT2D eigenvalue weighted by atomic mass is 9.96. The van der Waals surface area contributed by atoms with Gasteiger partial charge in [-0.05, 0) is 80.6 Å². The first-order chi connectivity index (χ1) is 16.3. The minimum atomic E-state index is -3.54. The summed E-state index contributed by atoms with van der Waals surface area (Å²) in [7, 11) is -3.54. The molecule has 0 saturated carbocycles. The van der Waals surface area contributed by atoms with E-state index in [0.29, 0.717) is 49.5 Å². The number of carbonyl (C=O) groups excluding carboxylic acids is 1. The topological polar surface area (TPSA) is 84.7 Å². The van der Waals surface area contributed by atoms with Gasteiger partial charge in [-0.15, -0.1) is 0 Å². The number of carbonyl (C=O) groups is 1. The van der Waals surface area contributed by atoms with E-state index >= 15 is 0 Å². The zero-order chi connectivity index (χ0) is 24.3. The molecule has 4 rings (SSSR count). The Balaban J connectivity index is 1.34. The fraction of sp³-hybridized carbons (Fsp3) is 0.462. The molecule has 0 N–H and O–H groups in total. The van der Waals surface area contributed by atoms with Crippen LogP contribution in [0, 0.1) is 31.1 Å². The molecule has 1 amide bonds. The van der Waals surface area contributed by atoms with Crippen molar-refractivity contribution in [3.05, 3.63) is 59.2 Å². The Labute approximate surface area is 202 Å². The molecular formula is C26H32N4O3S. The van der Waals surface area contributed by atoms with Crippen LogP contribution in [0.1, 0.15) is 36.0 Å². The second-order valence-electron chi connectivity index (χ2n) is 9.25. The first-order valence-corrected chi connectivity index (χ1v) is 13.3. The van der Waals surface area contributed by atoms with Crippen molar-refractivity contribution in [2.75, 3.05) is 44.2 Å². The lowest BCUT2D eigenvalue weighted by Gasteiger charge is -2.33. The van der Waals surface area contributed by atoms with Gasteiger partial charge in [-0.25, -0.2) is 8.42 Å². The molecule has 0 radical (unpaired) electrons. The molecule has 0 aromatic heterocycles. The standard InChI is InChI=1S/C26H32N4O3S/c1-20-4-9-25(18-21(20)2)34(32,33)30-14-10-23(11-15-30)26(31)29-13-3-12-28(16-17-29)24-7-5-22(19-27)6-8-24/h4-9,18,23H,3,10-17H2,1-2H3. The maximum Gasteiger partial charge on any atom is 0.243 e. The molecule has 2 fully saturated rings. The third-order valence-corrected chi connectivity index (χ3v) is 8.98. The Morgan fingerprint density at radius 2 is 1.62 bits per heavy atom. The SMILES string of the molecule is Cc1ccc(S(=O)(=O)N2CCC(C(=O)N3CCCN(c4ccc(C#N)cc4)CC3)CC2)cc1C. The van der Waals surface area contributed by atoms with Gasteiger partial charge in [0.25, 0.3) is 0 Å². The van der Waals surface area contributed by atoms with Gasteiger partial charge in [0.05, 0.1) is 16.5 Å². The highest BCUT2D eigenvalue weighted by Gasteiger charge is 2.34. The monoisotopic (exact) mass is 480 g/mol. The molecule has 8 heteroatoms. The minimum absolute atomic E-state index is 0.132. The van der Waals surface area contributed by atoms with Crippen LogP contribution in [0.3, 0.4) is 0 Å². The summed E-state index contributed by atoms with van der Waals surface area (Å²) in [6, 6.07) is 15.0. The summed E-state index contributed by atoms with van der Waals surface area (Å²) in [6.45, 7) is 7.61. The van der Waals surface area contributed by atoms with Crippen LogP contribution in [-0.2, 0) is 14.8 Å². The summed E-state index contributed by atoms with van der Waals surface area (Å²) < 4.78 is 27.7. The zero-order valence-corrected chi connectivity index (χ0v) is 20.7. The van der Waals surface area contributed by atoms with Gasteiger partial charge < -0.3 is 9.80 Å². The highest BCUT2D eigenvalue weighted by molar-refractivity contribution is 7.89. The maximum absolute atomic E-state index is 13.2. The number of anilines is 1. The van der Waals surface area contributed by atoms with Crippen LogP contribution in [0.15, 0.2) is 47.4 Å². The van der Waals surface area contributed by atoms with Gasteiger partial charge in [0.15, 0.2) is 0 Å². The highest BCUT2D eigenvalue weighted by Crippen LogP contribution is 2.27. The molecular weight excluding hydrogens is 448 g/mol. The minimum Gasteiger partial charge on any atom is -0.370 e. The van der Waals surface area contributed by atoms with E-state index in [1.807, 2.05) is 49.1 Å². The van der Waals surface area contributed by atoms with Gasteiger partial charge in [-0.1, -0.05) is 6.07 Å². The number of sulfonamides is 1. The summed E-state index contributed by atoms with van der Waals surface area (Å²) in [5, 5.41) is 9.00. The molecule has 2 aliphatic rings. The maximum atomic E-state index is 13.2. The van der Waals surface area contributed by atoms with E-state index in [9.17, 15) is 13.2 Å². The molecule has 34 heavy (non-hydrogen) atoms. The molecule has 0 spiro atoms. The van der Waals surface area contributed by atoms with Gasteiger partial charge in [-0.3, -0.25) is 4.79 Å². The Bertz CT molecular complexity index is 1180. The van der Waals surface area contributed by atoms with Crippen molar-refractivity contribution in [2.24, 2.45) is 5.92 Å². The van der Waals surface area contributed by atoms with E-state index in [1.54, 1.807) is 12.1 Å².